The fraction of sp³-hybridized carbons (Fsp3) is 0.529. The van der Waals surface area contributed by atoms with Crippen LogP contribution in [0.25, 0.3) is 0 Å². The number of hydrogen-bond donors (Lipinski definition) is 1. The van der Waals surface area contributed by atoms with Crippen molar-refractivity contribution in [3.05, 3.63) is 45.0 Å². The Kier molecular flexibility index (Phi) is 4.51. The molecule has 7 nitrogen and oxygen atoms in total. The quantitative estimate of drug-likeness (QED) is 0.926. The lowest BCUT2D eigenvalue weighted by Gasteiger charge is -2.31. The van der Waals surface area contributed by atoms with Gasteiger partial charge in [0.05, 0.1) is 0 Å². The van der Waals surface area contributed by atoms with Gasteiger partial charge in [0, 0.05) is 32.1 Å². The van der Waals surface area contributed by atoms with Crippen LogP contribution in [0.15, 0.2) is 15.4 Å². The molecule has 0 spiro atoms. The number of aromatic nitrogens is 3. The first-order valence-electron chi connectivity index (χ1n) is 8.23. The monoisotopic (exact) mass is 330 g/mol. The van der Waals surface area contributed by atoms with Gasteiger partial charge in [-0.2, -0.15) is 4.98 Å². The number of H-pyrrole nitrogens is 1. The van der Waals surface area contributed by atoms with Gasteiger partial charge in [0.1, 0.15) is 5.56 Å². The third-order valence-electron chi connectivity index (χ3n) is 4.52. The van der Waals surface area contributed by atoms with E-state index in [2.05, 4.69) is 15.1 Å². The van der Waals surface area contributed by atoms with E-state index in [9.17, 15) is 9.59 Å². The van der Waals surface area contributed by atoms with E-state index in [4.69, 9.17) is 4.52 Å². The Morgan fingerprint density at radius 1 is 1.33 bits per heavy atom. The Morgan fingerprint density at radius 2 is 2.04 bits per heavy atom. The van der Waals surface area contributed by atoms with Crippen LogP contribution in [0.2, 0.25) is 0 Å². The number of amides is 1. The highest BCUT2D eigenvalue weighted by Crippen LogP contribution is 2.22. The van der Waals surface area contributed by atoms with Crippen molar-refractivity contribution < 1.29 is 9.32 Å². The van der Waals surface area contributed by atoms with Crippen LogP contribution in [0.3, 0.4) is 0 Å². The lowest BCUT2D eigenvalue weighted by molar-refractivity contribution is 0.0687. The van der Waals surface area contributed by atoms with Crippen LogP contribution >= 0.6 is 0 Å². The number of aryl methyl sites for hydroxylation is 3. The molecule has 1 saturated heterocycles. The van der Waals surface area contributed by atoms with Crippen molar-refractivity contribution in [2.75, 3.05) is 13.1 Å². The van der Waals surface area contributed by atoms with Gasteiger partial charge in [0.2, 0.25) is 5.89 Å². The van der Waals surface area contributed by atoms with Gasteiger partial charge < -0.3 is 14.4 Å². The SMILES string of the molecule is Cc1cc(C)c(C(=O)N2CCC(Cc3noc(C)n3)CC2)c(=O)[nH]1. The van der Waals surface area contributed by atoms with E-state index in [1.54, 1.807) is 18.7 Å². The summed E-state index contributed by atoms with van der Waals surface area (Å²) in [7, 11) is 0. The molecule has 0 unspecified atom stereocenters. The van der Waals surface area contributed by atoms with Crippen LogP contribution in [0.5, 0.6) is 0 Å². The Labute approximate surface area is 140 Å². The number of carbonyl (C=O) groups excluding carboxylic acids is 1. The molecular formula is C17H22N4O3. The second kappa shape index (κ2) is 6.59. The van der Waals surface area contributed by atoms with Gasteiger partial charge in [-0.05, 0) is 44.2 Å². The Hall–Kier alpha value is -2.44. The average molecular weight is 330 g/mol. The third kappa shape index (κ3) is 3.39. The molecular weight excluding hydrogens is 308 g/mol. The highest BCUT2D eigenvalue weighted by molar-refractivity contribution is 5.95. The Bertz CT molecular complexity index is 800. The van der Waals surface area contributed by atoms with Crippen molar-refractivity contribution >= 4 is 5.91 Å². The molecule has 2 aromatic rings. The second-order valence-electron chi connectivity index (χ2n) is 6.51. The van der Waals surface area contributed by atoms with Gasteiger partial charge in [0.25, 0.3) is 11.5 Å². The Morgan fingerprint density at radius 3 is 2.62 bits per heavy atom. The summed E-state index contributed by atoms with van der Waals surface area (Å²) in [6.45, 7) is 6.69. The summed E-state index contributed by atoms with van der Waals surface area (Å²) in [6, 6.07) is 1.83. The zero-order chi connectivity index (χ0) is 17.3. The molecule has 3 heterocycles. The summed E-state index contributed by atoms with van der Waals surface area (Å²) in [5, 5.41) is 3.93. The molecule has 0 radical (unpaired) electrons. The summed E-state index contributed by atoms with van der Waals surface area (Å²) >= 11 is 0. The topological polar surface area (TPSA) is 92.1 Å². The van der Waals surface area contributed by atoms with E-state index in [-0.39, 0.29) is 17.0 Å². The highest BCUT2D eigenvalue weighted by Gasteiger charge is 2.27. The second-order valence-corrected chi connectivity index (χ2v) is 6.51. The molecule has 0 aliphatic carbocycles. The predicted molar refractivity (Wildman–Crippen MR) is 87.9 cm³/mol. The van der Waals surface area contributed by atoms with Crippen molar-refractivity contribution in [1.82, 2.24) is 20.0 Å². The zero-order valence-electron chi connectivity index (χ0n) is 14.3. The number of nitrogens with zero attached hydrogens (tertiary/aromatic N) is 3. The molecule has 0 atom stereocenters. The smallest absolute Gasteiger partial charge is 0.261 e. The zero-order valence-corrected chi connectivity index (χ0v) is 14.3. The summed E-state index contributed by atoms with van der Waals surface area (Å²) in [5.74, 6) is 1.56. The van der Waals surface area contributed by atoms with Gasteiger partial charge in [-0.1, -0.05) is 5.16 Å². The lowest BCUT2D eigenvalue weighted by Crippen LogP contribution is -2.41. The lowest BCUT2D eigenvalue weighted by atomic mass is 9.93. The van der Waals surface area contributed by atoms with Crippen LogP contribution in [0.1, 0.15) is 46.2 Å². The average Bonchev–Trinajstić information content (AvgIpc) is 2.92. The maximum Gasteiger partial charge on any atom is 0.261 e. The van der Waals surface area contributed by atoms with Crippen LogP contribution in [-0.4, -0.2) is 39.0 Å². The standard InChI is InChI=1S/C17H22N4O3/c1-10-8-11(2)18-16(22)15(10)17(23)21-6-4-13(5-7-21)9-14-19-12(3)24-20-14/h8,13H,4-7,9H2,1-3H3,(H,18,22). The number of likely N-dealkylation sites (tertiary alicyclic amines) is 1. The molecule has 0 aromatic carbocycles. The molecule has 0 saturated carbocycles. The summed E-state index contributed by atoms with van der Waals surface area (Å²) < 4.78 is 5.00. The molecule has 2 aromatic heterocycles. The van der Waals surface area contributed by atoms with Crippen molar-refractivity contribution in [1.29, 1.82) is 0 Å². The molecule has 3 rings (SSSR count). The normalized spacial score (nSPS) is 15.7. The minimum absolute atomic E-state index is 0.178. The number of carbonyl (C=O) groups is 1. The maximum atomic E-state index is 12.7. The molecule has 128 valence electrons. The van der Waals surface area contributed by atoms with Crippen LogP contribution in [0.4, 0.5) is 0 Å². The van der Waals surface area contributed by atoms with Gasteiger partial charge in [-0.25, -0.2) is 0 Å². The molecule has 24 heavy (non-hydrogen) atoms. The molecule has 1 aliphatic rings. The van der Waals surface area contributed by atoms with Crippen LogP contribution < -0.4 is 5.56 Å². The predicted octanol–water partition coefficient (Wildman–Crippen LogP) is 1.78. The third-order valence-corrected chi connectivity index (χ3v) is 4.52. The molecule has 0 bridgehead atoms. The van der Waals surface area contributed by atoms with Crippen molar-refractivity contribution in [3.63, 3.8) is 0 Å². The van der Waals surface area contributed by atoms with Gasteiger partial charge in [-0.15, -0.1) is 0 Å². The first-order chi connectivity index (χ1) is 11.4. The molecule has 1 aliphatic heterocycles. The van der Waals surface area contributed by atoms with Crippen LogP contribution in [-0.2, 0) is 6.42 Å². The minimum Gasteiger partial charge on any atom is -0.340 e. The summed E-state index contributed by atoms with van der Waals surface area (Å²) in [6.07, 6.45) is 2.52. The first-order valence-corrected chi connectivity index (χ1v) is 8.23. The number of piperidine rings is 1. The number of aromatic amines is 1. The Balaban J connectivity index is 1.64. The van der Waals surface area contributed by atoms with E-state index < -0.39 is 0 Å². The largest absolute Gasteiger partial charge is 0.340 e. The van der Waals surface area contributed by atoms with Gasteiger partial charge >= 0.3 is 0 Å². The number of hydrogen-bond acceptors (Lipinski definition) is 5. The fourth-order valence-electron chi connectivity index (χ4n) is 3.30. The molecule has 7 heteroatoms. The molecule has 1 amide bonds. The van der Waals surface area contributed by atoms with Crippen molar-refractivity contribution in [2.24, 2.45) is 5.92 Å². The maximum absolute atomic E-state index is 12.7. The minimum atomic E-state index is -0.304. The number of rotatable bonds is 3. The fourth-order valence-corrected chi connectivity index (χ4v) is 3.30. The summed E-state index contributed by atoms with van der Waals surface area (Å²) in [4.78, 5) is 33.5. The van der Waals surface area contributed by atoms with E-state index in [1.807, 2.05) is 13.0 Å². The molecule has 1 fully saturated rings. The van der Waals surface area contributed by atoms with E-state index in [1.165, 1.54) is 0 Å². The summed E-state index contributed by atoms with van der Waals surface area (Å²) in [5.41, 5.74) is 1.45. The van der Waals surface area contributed by atoms with Gasteiger partial charge in [-0.3, -0.25) is 9.59 Å². The number of pyridine rings is 1. The van der Waals surface area contributed by atoms with Crippen molar-refractivity contribution in [2.45, 2.75) is 40.0 Å². The van der Waals surface area contributed by atoms with Crippen LogP contribution in [0, 0.1) is 26.7 Å². The van der Waals surface area contributed by atoms with E-state index in [0.717, 1.165) is 36.3 Å². The number of nitrogens with one attached hydrogen (secondary N) is 1. The van der Waals surface area contributed by atoms with E-state index >= 15 is 0 Å². The highest BCUT2D eigenvalue weighted by atomic mass is 16.5. The first kappa shape index (κ1) is 16.4. The van der Waals surface area contributed by atoms with Crippen molar-refractivity contribution in [3.8, 4) is 0 Å². The molecule has 1 N–H and O–H groups in total. The van der Waals surface area contributed by atoms with E-state index in [0.29, 0.717) is 24.9 Å². The van der Waals surface area contributed by atoms with Gasteiger partial charge in [0.15, 0.2) is 5.82 Å².